The molecule has 0 radical (unpaired) electrons. The molecule has 1 atom stereocenters. The molecule has 0 saturated carbocycles. The Labute approximate surface area is 95.1 Å². The first kappa shape index (κ1) is 14.2. The van der Waals surface area contributed by atoms with Crippen molar-refractivity contribution in [3.8, 4) is 0 Å². The lowest BCUT2D eigenvalue weighted by Gasteiger charge is -2.37. The molecule has 0 bridgehead atoms. The Morgan fingerprint density at radius 2 is 2.20 bits per heavy atom. The Kier molecular flexibility index (Phi) is 5.01. The molecule has 3 nitrogen and oxygen atoms in total. The molecule has 0 aromatic rings. The third-order valence-electron chi connectivity index (χ3n) is 3.21. The van der Waals surface area contributed by atoms with Gasteiger partial charge in [0.2, 0.25) is 0 Å². The fraction of sp³-hybridized carbons (Fsp3) is 0.750. The van der Waals surface area contributed by atoms with Crippen molar-refractivity contribution < 1.29 is 1.43 Å². The number of nitrogens with zero attached hydrogens (tertiary/aromatic N) is 1. The third kappa shape index (κ3) is 2.81. The maximum absolute atomic E-state index is 8.00. The summed E-state index contributed by atoms with van der Waals surface area (Å²) in [5, 5.41) is 8.00. The van der Waals surface area contributed by atoms with Crippen LogP contribution in [0.5, 0.6) is 0 Å². The fourth-order valence-electron chi connectivity index (χ4n) is 2.43. The summed E-state index contributed by atoms with van der Waals surface area (Å²) in [7, 11) is 0. The van der Waals surface area contributed by atoms with E-state index in [1.807, 2.05) is 6.92 Å². The van der Waals surface area contributed by atoms with Gasteiger partial charge in [-0.15, -0.1) is 0 Å². The van der Waals surface area contributed by atoms with Gasteiger partial charge in [0, 0.05) is 13.5 Å². The molecule has 0 amide bonds. The maximum atomic E-state index is 8.00. The molecule has 1 aliphatic heterocycles. The third-order valence-corrected chi connectivity index (χ3v) is 3.21. The normalized spacial score (nSPS) is 24.9. The smallest absolute Gasteiger partial charge is 0.123 e. The topological polar surface area (TPSA) is 62.1 Å². The first-order valence-corrected chi connectivity index (χ1v) is 5.53. The zero-order valence-electron chi connectivity index (χ0n) is 10.4. The van der Waals surface area contributed by atoms with Crippen molar-refractivity contribution in [2.24, 2.45) is 0 Å². The number of rotatable bonds is 3. The van der Waals surface area contributed by atoms with Crippen LogP contribution in [-0.4, -0.2) is 22.8 Å². The molecule has 90 valence electrons. The van der Waals surface area contributed by atoms with Gasteiger partial charge in [-0.05, 0) is 38.7 Å². The molecule has 0 aliphatic carbocycles. The van der Waals surface area contributed by atoms with Crippen molar-refractivity contribution in [1.29, 1.82) is 5.41 Å². The van der Waals surface area contributed by atoms with Gasteiger partial charge >= 0.3 is 0 Å². The van der Waals surface area contributed by atoms with E-state index < -0.39 is 0 Å². The molecular weight excluding hydrogens is 186 g/mol. The van der Waals surface area contributed by atoms with Gasteiger partial charge in [-0.25, -0.2) is 0 Å². The molecule has 15 heavy (non-hydrogen) atoms. The van der Waals surface area contributed by atoms with Crippen LogP contribution in [0.1, 0.15) is 47.9 Å². The van der Waals surface area contributed by atoms with E-state index in [1.54, 1.807) is 0 Å². The zero-order valence-corrected chi connectivity index (χ0v) is 10.4. The van der Waals surface area contributed by atoms with Crippen LogP contribution in [0.4, 0.5) is 0 Å². The molecule has 1 heterocycles. The van der Waals surface area contributed by atoms with Gasteiger partial charge in [0.15, 0.2) is 0 Å². The number of hydrogen-bond donors (Lipinski definition) is 2. The Morgan fingerprint density at radius 1 is 1.60 bits per heavy atom. The van der Waals surface area contributed by atoms with Crippen LogP contribution in [0, 0.1) is 5.41 Å². The van der Waals surface area contributed by atoms with E-state index in [1.165, 1.54) is 25.7 Å². The van der Waals surface area contributed by atoms with Crippen LogP contribution in [0.25, 0.3) is 0 Å². The van der Waals surface area contributed by atoms with Crippen molar-refractivity contribution in [2.45, 2.75) is 52.0 Å². The zero-order chi connectivity index (χ0) is 10.8. The number of amidine groups is 1. The van der Waals surface area contributed by atoms with E-state index >= 15 is 0 Å². The second-order valence-electron chi connectivity index (χ2n) is 4.63. The van der Waals surface area contributed by atoms with Crippen LogP contribution in [0.15, 0.2) is 12.2 Å². The highest BCUT2D eigenvalue weighted by atomic mass is 15.2. The summed E-state index contributed by atoms with van der Waals surface area (Å²) in [6.45, 7) is 11.3. The molecule has 3 heteroatoms. The Bertz CT molecular complexity index is 253. The summed E-state index contributed by atoms with van der Waals surface area (Å²) in [5.41, 5.74) is 1.10. The predicted molar refractivity (Wildman–Crippen MR) is 68.9 cm³/mol. The maximum Gasteiger partial charge on any atom is 0.123 e. The first-order valence-electron chi connectivity index (χ1n) is 5.53. The van der Waals surface area contributed by atoms with Gasteiger partial charge < -0.3 is 11.1 Å². The second kappa shape index (κ2) is 5.31. The highest BCUT2D eigenvalue weighted by molar-refractivity contribution is 5.95. The fourth-order valence-corrected chi connectivity index (χ4v) is 2.43. The van der Waals surface area contributed by atoms with Crippen molar-refractivity contribution in [3.63, 3.8) is 0 Å². The molecule has 0 aromatic carbocycles. The van der Waals surface area contributed by atoms with Crippen LogP contribution in [0.3, 0.4) is 0 Å². The predicted octanol–water partition coefficient (Wildman–Crippen LogP) is 3.60. The summed E-state index contributed by atoms with van der Waals surface area (Å²) in [6, 6.07) is 0. The molecule has 0 spiro atoms. The lowest BCUT2D eigenvalue weighted by atomic mass is 9.92. The monoisotopic (exact) mass is 213 g/mol. The molecule has 1 saturated heterocycles. The average molecular weight is 213 g/mol. The van der Waals surface area contributed by atoms with Crippen molar-refractivity contribution in [1.82, 2.24) is 11.1 Å². The van der Waals surface area contributed by atoms with E-state index in [9.17, 15) is 0 Å². The van der Waals surface area contributed by atoms with Crippen molar-refractivity contribution >= 4 is 5.84 Å². The van der Waals surface area contributed by atoms with Gasteiger partial charge in [-0.1, -0.05) is 19.9 Å². The Hall–Kier alpha value is -0.830. The minimum atomic E-state index is 0. The summed E-state index contributed by atoms with van der Waals surface area (Å²) in [6.07, 6.45) is 4.81. The molecule has 1 fully saturated rings. The molecule has 1 unspecified atom stereocenters. The van der Waals surface area contributed by atoms with Gasteiger partial charge in [0.05, 0.1) is 0 Å². The van der Waals surface area contributed by atoms with E-state index in [2.05, 4.69) is 25.3 Å². The van der Waals surface area contributed by atoms with Crippen LogP contribution in [-0.2, 0) is 0 Å². The Balaban J connectivity index is 0. The van der Waals surface area contributed by atoms with E-state index in [4.69, 9.17) is 5.41 Å². The standard InChI is InChI=1S/C12H22N2.H3N.H2/c1-5-7-12(4)8-6-9-14(12)11(13)10(2)3;;/h13H,2,5-9H2,1,3-4H3;1H3;1H. The first-order chi connectivity index (χ1) is 6.51. The van der Waals surface area contributed by atoms with Crippen LogP contribution < -0.4 is 6.15 Å². The summed E-state index contributed by atoms with van der Waals surface area (Å²) in [5.74, 6) is 0.637. The minimum Gasteiger partial charge on any atom is -0.351 e. The van der Waals surface area contributed by atoms with Crippen molar-refractivity contribution in [2.75, 3.05) is 6.54 Å². The summed E-state index contributed by atoms with van der Waals surface area (Å²) < 4.78 is 0. The van der Waals surface area contributed by atoms with Gasteiger partial charge in [-0.2, -0.15) is 0 Å². The molecule has 4 N–H and O–H groups in total. The number of hydrogen-bond acceptors (Lipinski definition) is 2. The number of likely N-dealkylation sites (tertiary alicyclic amines) is 1. The quantitative estimate of drug-likeness (QED) is 0.556. The highest BCUT2D eigenvalue weighted by Gasteiger charge is 2.36. The highest BCUT2D eigenvalue weighted by Crippen LogP contribution is 2.33. The summed E-state index contributed by atoms with van der Waals surface area (Å²) >= 11 is 0. The van der Waals surface area contributed by atoms with Crippen LogP contribution >= 0.6 is 0 Å². The second-order valence-corrected chi connectivity index (χ2v) is 4.63. The molecule has 1 aliphatic rings. The molecular formula is C12H27N3. The number of nitrogens with one attached hydrogen (secondary N) is 1. The lowest BCUT2D eigenvalue weighted by molar-refractivity contribution is 0.234. The van der Waals surface area contributed by atoms with Gasteiger partial charge in [-0.3, -0.25) is 5.41 Å². The molecule has 0 aromatic heterocycles. The van der Waals surface area contributed by atoms with Crippen LogP contribution in [0.2, 0.25) is 0 Å². The van der Waals surface area contributed by atoms with E-state index in [0.29, 0.717) is 5.84 Å². The van der Waals surface area contributed by atoms with Crippen molar-refractivity contribution in [3.05, 3.63) is 12.2 Å². The lowest BCUT2D eigenvalue weighted by Crippen LogP contribution is -2.44. The van der Waals surface area contributed by atoms with E-state index in [0.717, 1.165) is 12.1 Å². The van der Waals surface area contributed by atoms with Gasteiger partial charge in [0.1, 0.15) is 5.84 Å². The SMILES string of the molecule is C=C(C)C(=N)N1CCCC1(C)CCC.N.[HH]. The molecule has 1 rings (SSSR count). The Morgan fingerprint density at radius 3 is 2.67 bits per heavy atom. The largest absolute Gasteiger partial charge is 0.351 e. The average Bonchev–Trinajstić information content (AvgIpc) is 2.46. The minimum absolute atomic E-state index is 0. The van der Waals surface area contributed by atoms with Gasteiger partial charge in [0.25, 0.3) is 0 Å². The van der Waals surface area contributed by atoms with E-state index in [-0.39, 0.29) is 13.1 Å². The summed E-state index contributed by atoms with van der Waals surface area (Å²) in [4.78, 5) is 2.23.